The fourth-order valence-electron chi connectivity index (χ4n) is 2.17. The van der Waals surface area contributed by atoms with Crippen LogP contribution in [-0.2, 0) is 9.53 Å². The van der Waals surface area contributed by atoms with Crippen molar-refractivity contribution in [3.05, 3.63) is 34.1 Å². The van der Waals surface area contributed by atoms with Crippen LogP contribution in [0.3, 0.4) is 0 Å². The first-order valence-electron chi connectivity index (χ1n) is 6.66. The quantitative estimate of drug-likeness (QED) is 0.891. The number of morpholine rings is 1. The van der Waals surface area contributed by atoms with E-state index in [9.17, 15) is 14.0 Å². The minimum absolute atomic E-state index is 0.163. The molecular weight excluding hydrogens is 343 g/mol. The monoisotopic (exact) mass is 358 g/mol. The van der Waals surface area contributed by atoms with E-state index in [1.165, 1.54) is 23.1 Å². The van der Waals surface area contributed by atoms with Crippen LogP contribution in [0, 0.1) is 5.82 Å². The maximum Gasteiger partial charge on any atom is 0.255 e. The van der Waals surface area contributed by atoms with E-state index < -0.39 is 11.9 Å². The normalized spacial score (nSPS) is 18.4. The standard InChI is InChI=1S/C14H16BrFN2O3/c1-2-17-13(19)12-8-21-6-5-18(12)14(20)10-4-3-9(16)7-11(10)15/h3-4,7,12H,2,5-6,8H2,1H3,(H,17,19). The minimum Gasteiger partial charge on any atom is -0.377 e. The Balaban J connectivity index is 2.24. The summed E-state index contributed by atoms with van der Waals surface area (Å²) in [6.45, 7) is 3.16. The molecule has 1 aromatic rings. The number of rotatable bonds is 3. The van der Waals surface area contributed by atoms with E-state index in [1.807, 2.05) is 6.92 Å². The number of nitrogens with zero attached hydrogens (tertiary/aromatic N) is 1. The van der Waals surface area contributed by atoms with Gasteiger partial charge in [0.25, 0.3) is 5.91 Å². The van der Waals surface area contributed by atoms with Crippen LogP contribution in [0.5, 0.6) is 0 Å². The lowest BCUT2D eigenvalue weighted by Gasteiger charge is -2.34. The third-order valence-electron chi connectivity index (χ3n) is 3.20. The summed E-state index contributed by atoms with van der Waals surface area (Å²) in [6.07, 6.45) is 0. The zero-order chi connectivity index (χ0) is 15.4. The van der Waals surface area contributed by atoms with Gasteiger partial charge in [-0.1, -0.05) is 0 Å². The van der Waals surface area contributed by atoms with Crippen molar-refractivity contribution >= 4 is 27.7 Å². The molecule has 0 saturated carbocycles. The Kier molecular flexibility index (Phi) is 5.30. The topological polar surface area (TPSA) is 58.6 Å². The highest BCUT2D eigenvalue weighted by molar-refractivity contribution is 9.10. The molecule has 1 aliphatic heterocycles. The zero-order valence-corrected chi connectivity index (χ0v) is 13.2. The van der Waals surface area contributed by atoms with Crippen molar-refractivity contribution in [1.82, 2.24) is 10.2 Å². The van der Waals surface area contributed by atoms with Crippen LogP contribution in [0.4, 0.5) is 4.39 Å². The first-order valence-corrected chi connectivity index (χ1v) is 7.45. The van der Waals surface area contributed by atoms with Gasteiger partial charge in [0.2, 0.25) is 5.91 Å². The van der Waals surface area contributed by atoms with Crippen molar-refractivity contribution in [2.75, 3.05) is 26.3 Å². The molecular formula is C14H16BrFN2O3. The number of carbonyl (C=O) groups excluding carboxylic acids is 2. The number of amides is 2. The number of likely N-dealkylation sites (N-methyl/N-ethyl adjacent to an activating group) is 1. The predicted octanol–water partition coefficient (Wildman–Crippen LogP) is 1.57. The predicted molar refractivity (Wildman–Crippen MR) is 78.4 cm³/mol. The minimum atomic E-state index is -0.664. The van der Waals surface area contributed by atoms with Gasteiger partial charge in [-0.3, -0.25) is 9.59 Å². The summed E-state index contributed by atoms with van der Waals surface area (Å²) >= 11 is 3.18. The van der Waals surface area contributed by atoms with E-state index in [0.29, 0.717) is 29.7 Å². The van der Waals surface area contributed by atoms with Crippen molar-refractivity contribution < 1.29 is 18.7 Å². The van der Waals surface area contributed by atoms with Crippen molar-refractivity contribution in [3.63, 3.8) is 0 Å². The van der Waals surface area contributed by atoms with Crippen molar-refractivity contribution in [3.8, 4) is 0 Å². The lowest BCUT2D eigenvalue weighted by molar-refractivity contribution is -0.130. The van der Waals surface area contributed by atoms with Crippen LogP contribution in [-0.4, -0.2) is 49.1 Å². The summed E-state index contributed by atoms with van der Waals surface area (Å²) in [5.74, 6) is -0.995. The summed E-state index contributed by atoms with van der Waals surface area (Å²) in [5, 5.41) is 2.69. The molecule has 1 fully saturated rings. The Labute approximate surface area is 130 Å². The van der Waals surface area contributed by atoms with Crippen LogP contribution >= 0.6 is 15.9 Å². The van der Waals surface area contributed by atoms with E-state index in [0.717, 1.165) is 0 Å². The molecule has 1 N–H and O–H groups in total. The molecule has 0 aliphatic carbocycles. The number of nitrogens with one attached hydrogen (secondary N) is 1. The van der Waals surface area contributed by atoms with E-state index in [2.05, 4.69) is 21.2 Å². The SMILES string of the molecule is CCNC(=O)C1COCCN1C(=O)c1ccc(F)cc1Br. The molecule has 1 aliphatic rings. The van der Waals surface area contributed by atoms with Crippen LogP contribution < -0.4 is 5.32 Å². The average molecular weight is 359 g/mol. The van der Waals surface area contributed by atoms with Crippen LogP contribution in [0.25, 0.3) is 0 Å². The summed E-state index contributed by atoms with van der Waals surface area (Å²) in [5.41, 5.74) is 0.326. The van der Waals surface area contributed by atoms with E-state index >= 15 is 0 Å². The molecule has 0 spiro atoms. The molecule has 21 heavy (non-hydrogen) atoms. The first-order chi connectivity index (χ1) is 10.0. The van der Waals surface area contributed by atoms with E-state index in [1.54, 1.807) is 0 Å². The highest BCUT2D eigenvalue weighted by atomic mass is 79.9. The Bertz CT molecular complexity index is 553. The van der Waals surface area contributed by atoms with Gasteiger partial charge in [-0.2, -0.15) is 0 Å². The lowest BCUT2D eigenvalue weighted by Crippen LogP contribution is -2.55. The second-order valence-corrected chi connectivity index (χ2v) is 5.46. The summed E-state index contributed by atoms with van der Waals surface area (Å²) in [6, 6.07) is 3.20. The number of hydrogen-bond donors (Lipinski definition) is 1. The molecule has 1 saturated heterocycles. The maximum atomic E-state index is 13.1. The van der Waals surface area contributed by atoms with Crippen molar-refractivity contribution in [2.24, 2.45) is 0 Å². The van der Waals surface area contributed by atoms with Gasteiger partial charge in [0.1, 0.15) is 11.9 Å². The number of benzene rings is 1. The van der Waals surface area contributed by atoms with Crippen molar-refractivity contribution in [1.29, 1.82) is 0 Å². The highest BCUT2D eigenvalue weighted by Gasteiger charge is 2.33. The third kappa shape index (κ3) is 3.59. The van der Waals surface area contributed by atoms with Gasteiger partial charge in [-0.15, -0.1) is 0 Å². The van der Waals surface area contributed by atoms with Crippen molar-refractivity contribution in [2.45, 2.75) is 13.0 Å². The number of halogens is 2. The first kappa shape index (κ1) is 15.9. The molecule has 2 rings (SSSR count). The number of carbonyl (C=O) groups is 2. The molecule has 0 aromatic heterocycles. The number of ether oxygens (including phenoxy) is 1. The van der Waals surface area contributed by atoms with E-state index in [4.69, 9.17) is 4.74 Å². The van der Waals surface area contributed by atoms with Gasteiger partial charge >= 0.3 is 0 Å². The molecule has 1 atom stereocenters. The summed E-state index contributed by atoms with van der Waals surface area (Å²) in [7, 11) is 0. The van der Waals surface area contributed by atoms with Crippen LogP contribution in [0.1, 0.15) is 17.3 Å². The fraction of sp³-hybridized carbons (Fsp3) is 0.429. The van der Waals surface area contributed by atoms with Gasteiger partial charge < -0.3 is 15.0 Å². The van der Waals surface area contributed by atoms with Gasteiger partial charge in [0.05, 0.1) is 18.8 Å². The largest absolute Gasteiger partial charge is 0.377 e. The second kappa shape index (κ2) is 7.00. The Morgan fingerprint density at radius 2 is 2.29 bits per heavy atom. The Morgan fingerprint density at radius 3 is 2.95 bits per heavy atom. The van der Waals surface area contributed by atoms with Gasteiger partial charge in [-0.05, 0) is 41.1 Å². The molecule has 7 heteroatoms. The summed E-state index contributed by atoms with van der Waals surface area (Å²) in [4.78, 5) is 26.1. The van der Waals surface area contributed by atoms with Crippen LogP contribution in [0.2, 0.25) is 0 Å². The summed E-state index contributed by atoms with van der Waals surface area (Å²) < 4.78 is 18.8. The zero-order valence-electron chi connectivity index (χ0n) is 11.6. The maximum absolute atomic E-state index is 13.1. The molecule has 1 unspecified atom stereocenters. The molecule has 1 aromatic carbocycles. The third-order valence-corrected chi connectivity index (χ3v) is 3.86. The molecule has 1 heterocycles. The van der Waals surface area contributed by atoms with Gasteiger partial charge in [-0.25, -0.2) is 4.39 Å². The molecule has 114 valence electrons. The second-order valence-electron chi connectivity index (χ2n) is 4.61. The lowest BCUT2D eigenvalue weighted by atomic mass is 10.1. The average Bonchev–Trinajstić information content (AvgIpc) is 2.47. The fourth-order valence-corrected chi connectivity index (χ4v) is 2.69. The smallest absolute Gasteiger partial charge is 0.255 e. The van der Waals surface area contributed by atoms with Gasteiger partial charge in [0, 0.05) is 17.6 Å². The molecule has 0 radical (unpaired) electrons. The Hall–Kier alpha value is -1.47. The Morgan fingerprint density at radius 1 is 1.52 bits per heavy atom. The molecule has 5 nitrogen and oxygen atoms in total. The van der Waals surface area contributed by atoms with Crippen LogP contribution in [0.15, 0.2) is 22.7 Å². The number of hydrogen-bond acceptors (Lipinski definition) is 3. The highest BCUT2D eigenvalue weighted by Crippen LogP contribution is 2.21. The molecule has 2 amide bonds. The molecule has 0 bridgehead atoms. The van der Waals surface area contributed by atoms with E-state index in [-0.39, 0.29) is 18.4 Å². The van der Waals surface area contributed by atoms with Gasteiger partial charge in [0.15, 0.2) is 0 Å².